The quantitative estimate of drug-likeness (QED) is 0.824. The normalized spacial score (nSPS) is 18.4. The summed E-state index contributed by atoms with van der Waals surface area (Å²) in [4.78, 5) is 2.57. The summed E-state index contributed by atoms with van der Waals surface area (Å²) in [6, 6.07) is 8.69. The number of hydrogen-bond acceptors (Lipinski definition) is 3. The molecule has 2 N–H and O–H groups in total. The van der Waals surface area contributed by atoms with Crippen LogP contribution in [0.15, 0.2) is 24.3 Å². The first kappa shape index (κ1) is 14.5. The van der Waals surface area contributed by atoms with E-state index in [1.807, 2.05) is 12.1 Å². The first-order chi connectivity index (χ1) is 9.28. The van der Waals surface area contributed by atoms with Crippen LogP contribution in [0.2, 0.25) is 0 Å². The molecule has 1 aromatic carbocycles. The second-order valence-corrected chi connectivity index (χ2v) is 5.62. The van der Waals surface area contributed by atoms with Crippen molar-refractivity contribution in [1.82, 2.24) is 10.2 Å². The number of aliphatic hydroxyl groups is 1. The molecule has 0 aromatic heterocycles. The fraction of sp³-hybridized carbons (Fsp3) is 0.625. The van der Waals surface area contributed by atoms with E-state index in [1.165, 1.54) is 37.9 Å². The van der Waals surface area contributed by atoms with Gasteiger partial charge >= 0.3 is 0 Å². The molecular formula is C16H26N2O. The van der Waals surface area contributed by atoms with E-state index >= 15 is 0 Å². The fourth-order valence-electron chi connectivity index (χ4n) is 2.65. The van der Waals surface area contributed by atoms with Gasteiger partial charge in [0.2, 0.25) is 0 Å². The van der Waals surface area contributed by atoms with Crippen molar-refractivity contribution in [2.75, 3.05) is 19.6 Å². The van der Waals surface area contributed by atoms with Crippen LogP contribution in [0.25, 0.3) is 0 Å². The van der Waals surface area contributed by atoms with E-state index in [-0.39, 0.29) is 6.61 Å². The second kappa shape index (κ2) is 7.63. The Labute approximate surface area is 116 Å². The largest absolute Gasteiger partial charge is 0.392 e. The zero-order valence-electron chi connectivity index (χ0n) is 11.9. The molecule has 3 heteroatoms. The van der Waals surface area contributed by atoms with Crippen molar-refractivity contribution in [1.29, 1.82) is 0 Å². The van der Waals surface area contributed by atoms with Gasteiger partial charge in [-0.15, -0.1) is 0 Å². The summed E-state index contributed by atoms with van der Waals surface area (Å²) >= 11 is 0. The summed E-state index contributed by atoms with van der Waals surface area (Å²) in [5.74, 6) is 0. The van der Waals surface area contributed by atoms with E-state index in [4.69, 9.17) is 5.11 Å². The van der Waals surface area contributed by atoms with Gasteiger partial charge in [-0.3, -0.25) is 0 Å². The summed E-state index contributed by atoms with van der Waals surface area (Å²) in [6.45, 7) is 6.96. The van der Waals surface area contributed by atoms with Crippen LogP contribution in [-0.4, -0.2) is 35.7 Å². The number of nitrogens with one attached hydrogen (secondary N) is 1. The highest BCUT2D eigenvalue weighted by Gasteiger charge is 2.12. The van der Waals surface area contributed by atoms with Crippen LogP contribution >= 0.6 is 0 Å². The number of hydrogen-bond donors (Lipinski definition) is 2. The molecule has 1 fully saturated rings. The zero-order valence-corrected chi connectivity index (χ0v) is 11.9. The predicted molar refractivity (Wildman–Crippen MR) is 79.0 cm³/mol. The molecule has 1 atom stereocenters. The number of piperidine rings is 1. The Morgan fingerprint density at radius 3 is 2.37 bits per heavy atom. The van der Waals surface area contributed by atoms with Gasteiger partial charge in [0.05, 0.1) is 6.61 Å². The highest BCUT2D eigenvalue weighted by Crippen LogP contribution is 2.09. The van der Waals surface area contributed by atoms with Crippen LogP contribution in [0, 0.1) is 0 Å². The van der Waals surface area contributed by atoms with Gasteiger partial charge in [-0.25, -0.2) is 0 Å². The Morgan fingerprint density at radius 1 is 1.11 bits per heavy atom. The topological polar surface area (TPSA) is 35.5 Å². The molecule has 106 valence electrons. The molecule has 0 aliphatic carbocycles. The number of likely N-dealkylation sites (tertiary alicyclic amines) is 1. The lowest BCUT2D eigenvalue weighted by Crippen LogP contribution is -2.41. The van der Waals surface area contributed by atoms with Crippen LogP contribution in [0.5, 0.6) is 0 Å². The van der Waals surface area contributed by atoms with E-state index in [1.54, 1.807) is 0 Å². The van der Waals surface area contributed by atoms with Gasteiger partial charge in [-0.05, 0) is 44.0 Å². The third-order valence-electron chi connectivity index (χ3n) is 3.84. The molecule has 1 aromatic rings. The second-order valence-electron chi connectivity index (χ2n) is 5.62. The average molecular weight is 262 g/mol. The number of aliphatic hydroxyl groups excluding tert-OH is 1. The Balaban J connectivity index is 1.71. The lowest BCUT2D eigenvalue weighted by molar-refractivity contribution is 0.209. The first-order valence-corrected chi connectivity index (χ1v) is 7.42. The van der Waals surface area contributed by atoms with Crippen molar-refractivity contribution in [2.45, 2.75) is 45.4 Å². The van der Waals surface area contributed by atoms with Crippen LogP contribution < -0.4 is 5.32 Å². The average Bonchev–Trinajstić information content (AvgIpc) is 2.47. The van der Waals surface area contributed by atoms with Crippen LogP contribution in [-0.2, 0) is 13.2 Å². The van der Waals surface area contributed by atoms with Crippen molar-refractivity contribution in [3.05, 3.63) is 35.4 Å². The maximum atomic E-state index is 9.01. The van der Waals surface area contributed by atoms with Crippen LogP contribution in [0.4, 0.5) is 0 Å². The highest BCUT2D eigenvalue weighted by molar-refractivity contribution is 5.21. The molecule has 2 rings (SSSR count). The van der Waals surface area contributed by atoms with Gasteiger partial charge in [0, 0.05) is 19.1 Å². The zero-order chi connectivity index (χ0) is 13.5. The summed E-state index contributed by atoms with van der Waals surface area (Å²) < 4.78 is 0. The molecule has 1 saturated heterocycles. The van der Waals surface area contributed by atoms with E-state index in [0.717, 1.165) is 18.7 Å². The van der Waals surface area contributed by atoms with E-state index < -0.39 is 0 Å². The smallest absolute Gasteiger partial charge is 0.0681 e. The summed E-state index contributed by atoms with van der Waals surface area (Å²) in [6.07, 6.45) is 4.11. The SMILES string of the molecule is CC(CN1CCCCC1)NCc1ccc(CO)cc1. The lowest BCUT2D eigenvalue weighted by Gasteiger charge is -2.29. The van der Waals surface area contributed by atoms with Crippen molar-refractivity contribution in [3.8, 4) is 0 Å². The van der Waals surface area contributed by atoms with E-state index in [0.29, 0.717) is 6.04 Å². The maximum Gasteiger partial charge on any atom is 0.0681 e. The van der Waals surface area contributed by atoms with Gasteiger partial charge in [-0.1, -0.05) is 30.7 Å². The molecular weight excluding hydrogens is 236 g/mol. The fourth-order valence-corrected chi connectivity index (χ4v) is 2.65. The van der Waals surface area contributed by atoms with Crippen molar-refractivity contribution < 1.29 is 5.11 Å². The number of rotatable bonds is 6. The highest BCUT2D eigenvalue weighted by atomic mass is 16.3. The van der Waals surface area contributed by atoms with Crippen LogP contribution in [0.1, 0.15) is 37.3 Å². The molecule has 1 unspecified atom stereocenters. The molecule has 0 radical (unpaired) electrons. The molecule has 1 heterocycles. The van der Waals surface area contributed by atoms with Gasteiger partial charge < -0.3 is 15.3 Å². The molecule has 0 spiro atoms. The van der Waals surface area contributed by atoms with Gasteiger partial charge in [0.1, 0.15) is 0 Å². The molecule has 1 aliphatic heterocycles. The predicted octanol–water partition coefficient (Wildman–Crippen LogP) is 2.14. The Hall–Kier alpha value is -0.900. The van der Waals surface area contributed by atoms with E-state index in [9.17, 15) is 0 Å². The minimum absolute atomic E-state index is 0.124. The Kier molecular flexibility index (Phi) is 5.83. The Bertz CT molecular complexity index is 358. The van der Waals surface area contributed by atoms with Crippen molar-refractivity contribution >= 4 is 0 Å². The molecule has 0 bridgehead atoms. The third kappa shape index (κ3) is 4.94. The monoisotopic (exact) mass is 262 g/mol. The lowest BCUT2D eigenvalue weighted by atomic mass is 10.1. The van der Waals surface area contributed by atoms with Gasteiger partial charge in [-0.2, -0.15) is 0 Å². The minimum Gasteiger partial charge on any atom is -0.392 e. The summed E-state index contributed by atoms with van der Waals surface area (Å²) in [7, 11) is 0. The molecule has 1 aliphatic rings. The minimum atomic E-state index is 0.124. The van der Waals surface area contributed by atoms with Crippen molar-refractivity contribution in [2.24, 2.45) is 0 Å². The molecule has 0 saturated carbocycles. The van der Waals surface area contributed by atoms with Crippen LogP contribution in [0.3, 0.4) is 0 Å². The van der Waals surface area contributed by atoms with Crippen molar-refractivity contribution in [3.63, 3.8) is 0 Å². The molecule has 3 nitrogen and oxygen atoms in total. The summed E-state index contributed by atoms with van der Waals surface area (Å²) in [5.41, 5.74) is 2.26. The van der Waals surface area contributed by atoms with Gasteiger partial charge in [0.15, 0.2) is 0 Å². The summed E-state index contributed by atoms with van der Waals surface area (Å²) in [5, 5.41) is 12.6. The standard InChI is InChI=1S/C16H26N2O/c1-14(12-18-9-3-2-4-10-18)17-11-15-5-7-16(13-19)8-6-15/h5-8,14,17,19H,2-4,9-13H2,1H3. The first-order valence-electron chi connectivity index (χ1n) is 7.42. The maximum absolute atomic E-state index is 9.01. The van der Waals surface area contributed by atoms with E-state index in [2.05, 4.69) is 29.3 Å². The molecule has 0 amide bonds. The number of benzene rings is 1. The Morgan fingerprint density at radius 2 is 1.74 bits per heavy atom. The third-order valence-corrected chi connectivity index (χ3v) is 3.84. The molecule has 19 heavy (non-hydrogen) atoms. The number of nitrogens with zero attached hydrogens (tertiary/aromatic N) is 1. The van der Waals surface area contributed by atoms with Gasteiger partial charge in [0.25, 0.3) is 0 Å².